The van der Waals surface area contributed by atoms with Crippen LogP contribution in [0.25, 0.3) is 4.85 Å². The number of methoxy groups -OCH3 is 1. The van der Waals surface area contributed by atoms with Crippen molar-refractivity contribution in [3.63, 3.8) is 0 Å². The number of hydrogen-bond acceptors (Lipinski definition) is 13. The van der Waals surface area contributed by atoms with Gasteiger partial charge in [0.05, 0.1) is 77.1 Å². The first-order chi connectivity index (χ1) is 24.3. The quantitative estimate of drug-likeness (QED) is 0.0394. The Labute approximate surface area is 300 Å². The first kappa shape index (κ1) is 42.2. The number of ether oxygens (including phenoxy) is 6. The Balaban J connectivity index is 1.64. The van der Waals surface area contributed by atoms with Crippen LogP contribution in [0.2, 0.25) is 0 Å². The van der Waals surface area contributed by atoms with Gasteiger partial charge in [0.1, 0.15) is 17.7 Å². The molecule has 2 aromatic rings. The maximum Gasteiger partial charge on any atom is 0.305 e. The molecule has 0 fully saturated rings. The van der Waals surface area contributed by atoms with E-state index < -0.39 is 0 Å². The Morgan fingerprint density at radius 3 is 2.10 bits per heavy atom. The van der Waals surface area contributed by atoms with Crippen molar-refractivity contribution in [2.45, 2.75) is 65.7 Å². The fourth-order valence-electron chi connectivity index (χ4n) is 4.65. The van der Waals surface area contributed by atoms with Gasteiger partial charge in [0.25, 0.3) is 0 Å². The monoisotopic (exact) mass is 713 g/mol. The summed E-state index contributed by atoms with van der Waals surface area (Å²) in [5.41, 5.74) is 3.81. The van der Waals surface area contributed by atoms with Gasteiger partial charge in [-0.3, -0.25) is 9.59 Å². The van der Waals surface area contributed by atoms with Crippen molar-refractivity contribution < 1.29 is 38.0 Å². The number of carbonyl (C=O) groups excluding carboxylic acids is 2. The summed E-state index contributed by atoms with van der Waals surface area (Å²) < 4.78 is 32.0. The van der Waals surface area contributed by atoms with E-state index in [0.717, 1.165) is 30.8 Å². The van der Waals surface area contributed by atoms with E-state index in [9.17, 15) is 14.9 Å². The van der Waals surface area contributed by atoms with Crippen molar-refractivity contribution in [3.8, 4) is 6.07 Å². The number of nitrogens with zero attached hydrogens (tertiary/aromatic N) is 5. The van der Waals surface area contributed by atoms with Crippen molar-refractivity contribution >= 4 is 45.3 Å². The van der Waals surface area contributed by atoms with Crippen LogP contribution >= 0.6 is 11.3 Å². The Hall–Kier alpha value is -3.92. The molecule has 50 heavy (non-hydrogen) atoms. The number of nitriles is 1. The number of anilines is 1. The molecule has 2 rings (SSSR count). The lowest BCUT2D eigenvalue weighted by atomic mass is 10.1. The molecule has 0 radical (unpaired) electrons. The lowest BCUT2D eigenvalue weighted by Gasteiger charge is -2.25. The number of aryl methyl sites for hydroxylation is 1. The van der Waals surface area contributed by atoms with Gasteiger partial charge in [0.15, 0.2) is 0 Å². The van der Waals surface area contributed by atoms with Gasteiger partial charge < -0.3 is 33.3 Å². The Morgan fingerprint density at radius 1 is 0.860 bits per heavy atom. The number of benzene rings is 1. The smallest absolute Gasteiger partial charge is 0.305 e. The van der Waals surface area contributed by atoms with E-state index in [2.05, 4.69) is 43.8 Å². The molecular weight excluding hydrogens is 662 g/mol. The van der Waals surface area contributed by atoms with E-state index >= 15 is 0 Å². The number of esters is 2. The van der Waals surface area contributed by atoms with Gasteiger partial charge in [-0.2, -0.15) is 15.5 Å². The third-order valence-corrected chi connectivity index (χ3v) is 8.56. The first-order valence-corrected chi connectivity index (χ1v) is 17.9. The molecule has 274 valence electrons. The third kappa shape index (κ3) is 16.7. The Bertz CT molecular complexity index is 1420. The largest absolute Gasteiger partial charge is 0.469 e. The number of hydrogen-bond donors (Lipinski definition) is 0. The van der Waals surface area contributed by atoms with Crippen molar-refractivity contribution in [1.29, 1.82) is 5.26 Å². The molecule has 1 heterocycles. The van der Waals surface area contributed by atoms with Crippen LogP contribution in [0, 0.1) is 31.8 Å². The Kier molecular flexibility index (Phi) is 21.9. The minimum absolute atomic E-state index is 0.157. The second-order valence-corrected chi connectivity index (χ2v) is 12.3. The van der Waals surface area contributed by atoms with Crippen LogP contribution in [-0.4, -0.2) is 91.6 Å². The molecule has 0 aliphatic rings. The van der Waals surface area contributed by atoms with Crippen LogP contribution in [0.5, 0.6) is 0 Å². The molecule has 1 aromatic heterocycles. The molecule has 0 saturated carbocycles. The van der Waals surface area contributed by atoms with Gasteiger partial charge in [-0.05, 0) is 56.0 Å². The number of thiophene rings is 1. The standard InChI is InChI=1S/C36H51N5O8S/c1-6-7-8-9-15-41(30-13-14-31(28(2)26-30)39-40-36-35(38-4)29(3)32(27-37)50-36)16-17-45-18-19-46-20-21-47-22-23-48-24-25-49-34(43)12-10-11-33(42)44-5/h13-14,26H,6-12,15-25H2,1-3,5H3. The molecule has 0 N–H and O–H groups in total. The second kappa shape index (κ2) is 26.0. The number of unbranched alkanes of at least 4 members (excludes halogenated alkanes) is 3. The SMILES string of the molecule is [C-]#[N+]c1c(N=Nc2ccc(N(CCCCCC)CCOCCOCCOCCOCCOC(=O)CCCC(=O)OC)cc2C)sc(C#N)c1C. The summed E-state index contributed by atoms with van der Waals surface area (Å²) in [6.45, 7) is 18.7. The third-order valence-electron chi connectivity index (χ3n) is 7.49. The minimum atomic E-state index is -0.365. The molecule has 0 saturated heterocycles. The van der Waals surface area contributed by atoms with Gasteiger partial charge in [-0.25, -0.2) is 4.85 Å². The van der Waals surface area contributed by atoms with Crippen LogP contribution < -0.4 is 4.90 Å². The summed E-state index contributed by atoms with van der Waals surface area (Å²) >= 11 is 1.19. The van der Waals surface area contributed by atoms with Crippen LogP contribution in [0.1, 0.15) is 67.9 Å². The molecule has 1 aromatic carbocycles. The first-order valence-electron chi connectivity index (χ1n) is 17.1. The normalized spacial score (nSPS) is 11.0. The van der Waals surface area contributed by atoms with Crippen LogP contribution in [0.4, 0.5) is 22.1 Å². The molecule has 0 aliphatic heterocycles. The predicted molar refractivity (Wildman–Crippen MR) is 192 cm³/mol. The van der Waals surface area contributed by atoms with Gasteiger partial charge in [-0.1, -0.05) is 26.2 Å². The van der Waals surface area contributed by atoms with Crippen LogP contribution in [0.3, 0.4) is 0 Å². The highest BCUT2D eigenvalue weighted by atomic mass is 32.1. The second-order valence-electron chi connectivity index (χ2n) is 11.3. The zero-order valence-electron chi connectivity index (χ0n) is 29.9. The van der Waals surface area contributed by atoms with Gasteiger partial charge in [-0.15, -0.1) is 11.3 Å². The summed E-state index contributed by atoms with van der Waals surface area (Å²) in [5.74, 6) is -0.708. The van der Waals surface area contributed by atoms with Crippen molar-refractivity contribution in [3.05, 3.63) is 45.6 Å². The zero-order valence-corrected chi connectivity index (χ0v) is 30.7. The molecule has 0 bridgehead atoms. The highest BCUT2D eigenvalue weighted by Gasteiger charge is 2.15. The molecule has 14 heteroatoms. The average molecular weight is 714 g/mol. The van der Waals surface area contributed by atoms with E-state index in [1.807, 2.05) is 19.1 Å². The van der Waals surface area contributed by atoms with E-state index in [0.29, 0.717) is 79.5 Å². The molecule has 0 amide bonds. The lowest BCUT2D eigenvalue weighted by molar-refractivity contribution is -0.146. The Morgan fingerprint density at radius 2 is 1.50 bits per heavy atom. The number of azo groups is 1. The maximum atomic E-state index is 11.6. The fourth-order valence-corrected chi connectivity index (χ4v) is 5.51. The van der Waals surface area contributed by atoms with Crippen LogP contribution in [0.15, 0.2) is 28.4 Å². The zero-order chi connectivity index (χ0) is 36.4. The number of carbonyl (C=O) groups is 2. The lowest BCUT2D eigenvalue weighted by Crippen LogP contribution is -2.29. The summed E-state index contributed by atoms with van der Waals surface area (Å²) in [7, 11) is 1.31. The summed E-state index contributed by atoms with van der Waals surface area (Å²) in [6.07, 6.45) is 5.41. The predicted octanol–water partition coefficient (Wildman–Crippen LogP) is 7.54. The summed E-state index contributed by atoms with van der Waals surface area (Å²) in [6, 6.07) is 8.21. The molecular formula is C36H51N5O8S. The average Bonchev–Trinajstić information content (AvgIpc) is 3.43. The summed E-state index contributed by atoms with van der Waals surface area (Å²) in [5, 5.41) is 18.5. The van der Waals surface area contributed by atoms with Crippen molar-refractivity contribution in [2.75, 3.05) is 84.6 Å². The molecule has 0 unspecified atom stereocenters. The van der Waals surface area contributed by atoms with Crippen LogP contribution in [-0.2, 0) is 38.0 Å². The molecule has 0 spiro atoms. The van der Waals surface area contributed by atoms with Crippen molar-refractivity contribution in [2.24, 2.45) is 10.2 Å². The van der Waals surface area contributed by atoms with E-state index in [4.69, 9.17) is 30.3 Å². The molecule has 13 nitrogen and oxygen atoms in total. The van der Waals surface area contributed by atoms with Crippen molar-refractivity contribution in [1.82, 2.24) is 0 Å². The minimum Gasteiger partial charge on any atom is -0.469 e. The van der Waals surface area contributed by atoms with E-state index in [-0.39, 0.29) is 38.0 Å². The van der Waals surface area contributed by atoms with E-state index in [1.165, 1.54) is 37.7 Å². The fraction of sp³-hybridized carbons (Fsp3) is 0.611. The summed E-state index contributed by atoms with van der Waals surface area (Å²) in [4.78, 5) is 29.0. The van der Waals surface area contributed by atoms with Gasteiger partial charge >= 0.3 is 11.9 Å². The topological polar surface area (TPSA) is 146 Å². The van der Waals surface area contributed by atoms with E-state index in [1.54, 1.807) is 6.92 Å². The maximum absolute atomic E-state index is 11.6. The van der Waals surface area contributed by atoms with Gasteiger partial charge in [0, 0.05) is 31.6 Å². The highest BCUT2D eigenvalue weighted by molar-refractivity contribution is 7.17. The number of rotatable bonds is 27. The van der Waals surface area contributed by atoms with Gasteiger partial charge in [0.2, 0.25) is 5.69 Å². The molecule has 0 aliphatic carbocycles. The molecule has 0 atom stereocenters. The highest BCUT2D eigenvalue weighted by Crippen LogP contribution is 2.42.